The highest BCUT2D eigenvalue weighted by molar-refractivity contribution is 7.90. The van der Waals surface area contributed by atoms with Gasteiger partial charge < -0.3 is 5.73 Å². The SMILES string of the molecule is Nc1cc(CN2CCCC(S(=O)(=O)NC3CCCC3)C2)ccn1. The molecule has 1 unspecified atom stereocenters. The summed E-state index contributed by atoms with van der Waals surface area (Å²) >= 11 is 0. The van der Waals surface area contributed by atoms with Crippen LogP contribution in [0, 0.1) is 0 Å². The number of hydrogen-bond acceptors (Lipinski definition) is 5. The average molecular weight is 338 g/mol. The molecule has 1 atom stereocenters. The van der Waals surface area contributed by atoms with E-state index in [4.69, 9.17) is 5.73 Å². The van der Waals surface area contributed by atoms with Gasteiger partial charge in [0.15, 0.2) is 0 Å². The lowest BCUT2D eigenvalue weighted by molar-refractivity contribution is 0.221. The summed E-state index contributed by atoms with van der Waals surface area (Å²) < 4.78 is 28.2. The van der Waals surface area contributed by atoms with Gasteiger partial charge in [-0.25, -0.2) is 18.1 Å². The van der Waals surface area contributed by atoms with Crippen molar-refractivity contribution in [3.8, 4) is 0 Å². The minimum atomic E-state index is -3.23. The summed E-state index contributed by atoms with van der Waals surface area (Å²) in [5.41, 5.74) is 6.80. The number of nitrogen functional groups attached to an aromatic ring is 1. The number of pyridine rings is 1. The van der Waals surface area contributed by atoms with E-state index in [1.54, 1.807) is 6.20 Å². The van der Waals surface area contributed by atoms with E-state index in [-0.39, 0.29) is 11.3 Å². The normalized spacial score (nSPS) is 24.1. The van der Waals surface area contributed by atoms with E-state index in [1.165, 1.54) is 0 Å². The molecule has 128 valence electrons. The summed E-state index contributed by atoms with van der Waals surface area (Å²) in [5, 5.41) is -0.309. The van der Waals surface area contributed by atoms with Crippen molar-refractivity contribution in [2.75, 3.05) is 18.8 Å². The maximum Gasteiger partial charge on any atom is 0.215 e. The molecule has 0 spiro atoms. The van der Waals surface area contributed by atoms with Crippen LogP contribution in [0.5, 0.6) is 0 Å². The number of sulfonamides is 1. The van der Waals surface area contributed by atoms with Gasteiger partial charge in [0.05, 0.1) is 5.25 Å². The van der Waals surface area contributed by atoms with Gasteiger partial charge in [-0.05, 0) is 49.9 Å². The monoisotopic (exact) mass is 338 g/mol. The van der Waals surface area contributed by atoms with Crippen LogP contribution in [0.1, 0.15) is 44.1 Å². The van der Waals surface area contributed by atoms with E-state index in [0.717, 1.165) is 57.2 Å². The number of hydrogen-bond donors (Lipinski definition) is 2. The van der Waals surface area contributed by atoms with Crippen LogP contribution in [0.15, 0.2) is 18.3 Å². The van der Waals surface area contributed by atoms with E-state index in [9.17, 15) is 8.42 Å². The Labute approximate surface area is 138 Å². The molecule has 2 heterocycles. The molecule has 0 amide bonds. The largest absolute Gasteiger partial charge is 0.384 e. The standard InChI is InChI=1S/C16H26N4O2S/c17-16-10-13(7-8-18-16)11-20-9-3-6-15(12-20)23(21,22)19-14-4-1-2-5-14/h7-8,10,14-15,19H,1-6,9,11-12H2,(H2,17,18). The molecule has 0 bridgehead atoms. The van der Waals surface area contributed by atoms with Crippen molar-refractivity contribution in [1.29, 1.82) is 0 Å². The van der Waals surface area contributed by atoms with Gasteiger partial charge in [-0.1, -0.05) is 12.8 Å². The quantitative estimate of drug-likeness (QED) is 0.849. The van der Waals surface area contributed by atoms with Crippen LogP contribution in [-0.4, -0.2) is 42.7 Å². The zero-order valence-electron chi connectivity index (χ0n) is 13.4. The fraction of sp³-hybridized carbons (Fsp3) is 0.688. The van der Waals surface area contributed by atoms with Crippen LogP contribution in [0.3, 0.4) is 0 Å². The van der Waals surface area contributed by atoms with Gasteiger partial charge in [0.2, 0.25) is 10.0 Å². The van der Waals surface area contributed by atoms with E-state index in [1.807, 2.05) is 12.1 Å². The summed E-state index contributed by atoms with van der Waals surface area (Å²) in [6.45, 7) is 2.24. The second-order valence-corrected chi connectivity index (χ2v) is 8.72. The third-order valence-electron chi connectivity index (χ3n) is 4.84. The molecule has 1 aromatic rings. The minimum Gasteiger partial charge on any atom is -0.384 e. The van der Waals surface area contributed by atoms with E-state index in [2.05, 4.69) is 14.6 Å². The van der Waals surface area contributed by atoms with Crippen LogP contribution in [0.4, 0.5) is 5.82 Å². The number of nitrogens with two attached hydrogens (primary N) is 1. The molecule has 1 aromatic heterocycles. The predicted octanol–water partition coefficient (Wildman–Crippen LogP) is 1.49. The second-order valence-electron chi connectivity index (χ2n) is 6.73. The van der Waals surface area contributed by atoms with Crippen molar-refractivity contribution in [3.63, 3.8) is 0 Å². The van der Waals surface area contributed by atoms with Gasteiger partial charge in [0, 0.05) is 25.3 Å². The zero-order chi connectivity index (χ0) is 16.3. The molecule has 2 fully saturated rings. The Balaban J connectivity index is 1.61. The molecule has 1 aliphatic carbocycles. The van der Waals surface area contributed by atoms with Gasteiger partial charge in [0.25, 0.3) is 0 Å². The van der Waals surface area contributed by atoms with Crippen LogP contribution < -0.4 is 10.5 Å². The summed E-state index contributed by atoms with van der Waals surface area (Å²) in [4.78, 5) is 6.20. The van der Waals surface area contributed by atoms with Crippen LogP contribution >= 0.6 is 0 Å². The number of piperidine rings is 1. The maximum absolute atomic E-state index is 12.6. The van der Waals surface area contributed by atoms with Gasteiger partial charge in [-0.2, -0.15) is 0 Å². The van der Waals surface area contributed by atoms with Crippen LogP contribution in [0.2, 0.25) is 0 Å². The van der Waals surface area contributed by atoms with Crippen molar-refractivity contribution in [3.05, 3.63) is 23.9 Å². The van der Waals surface area contributed by atoms with Crippen molar-refractivity contribution in [1.82, 2.24) is 14.6 Å². The number of nitrogens with one attached hydrogen (secondary N) is 1. The number of rotatable bonds is 5. The molecule has 1 saturated heterocycles. The van der Waals surface area contributed by atoms with Gasteiger partial charge in [0.1, 0.15) is 5.82 Å². The second kappa shape index (κ2) is 7.15. The molecular formula is C16H26N4O2S. The number of likely N-dealkylation sites (tertiary alicyclic amines) is 1. The highest BCUT2D eigenvalue weighted by Gasteiger charge is 2.32. The first-order valence-electron chi connectivity index (χ1n) is 8.47. The molecule has 3 rings (SSSR count). The average Bonchev–Trinajstić information content (AvgIpc) is 3.00. The van der Waals surface area contributed by atoms with Crippen molar-refractivity contribution in [2.24, 2.45) is 0 Å². The number of nitrogens with zero attached hydrogens (tertiary/aromatic N) is 2. The van der Waals surface area contributed by atoms with Crippen molar-refractivity contribution in [2.45, 2.75) is 56.4 Å². The Morgan fingerprint density at radius 2 is 2.04 bits per heavy atom. The maximum atomic E-state index is 12.6. The molecule has 6 nitrogen and oxygen atoms in total. The van der Waals surface area contributed by atoms with Crippen molar-refractivity contribution >= 4 is 15.8 Å². The van der Waals surface area contributed by atoms with Crippen molar-refractivity contribution < 1.29 is 8.42 Å². The van der Waals surface area contributed by atoms with Gasteiger partial charge >= 0.3 is 0 Å². The first-order chi connectivity index (χ1) is 11.0. The fourth-order valence-electron chi connectivity index (χ4n) is 3.63. The smallest absolute Gasteiger partial charge is 0.215 e. The van der Waals surface area contributed by atoms with E-state index in [0.29, 0.717) is 12.4 Å². The number of aromatic nitrogens is 1. The first-order valence-corrected chi connectivity index (χ1v) is 10.0. The van der Waals surface area contributed by atoms with Gasteiger partial charge in [-0.3, -0.25) is 4.90 Å². The molecule has 2 aliphatic rings. The fourth-order valence-corrected chi connectivity index (χ4v) is 5.41. The Morgan fingerprint density at radius 3 is 2.78 bits per heavy atom. The molecular weight excluding hydrogens is 312 g/mol. The molecule has 1 aliphatic heterocycles. The summed E-state index contributed by atoms with van der Waals surface area (Å²) in [7, 11) is -3.23. The Bertz CT molecular complexity index is 629. The lowest BCUT2D eigenvalue weighted by Crippen LogP contribution is -2.48. The van der Waals surface area contributed by atoms with E-state index < -0.39 is 10.0 Å². The topological polar surface area (TPSA) is 88.3 Å². The zero-order valence-corrected chi connectivity index (χ0v) is 14.3. The summed E-state index contributed by atoms with van der Waals surface area (Å²) in [6.07, 6.45) is 7.58. The third-order valence-corrected chi connectivity index (χ3v) is 6.76. The predicted molar refractivity (Wildman–Crippen MR) is 91.3 cm³/mol. The van der Waals surface area contributed by atoms with E-state index >= 15 is 0 Å². The van der Waals surface area contributed by atoms with Crippen LogP contribution in [-0.2, 0) is 16.6 Å². The molecule has 23 heavy (non-hydrogen) atoms. The first kappa shape index (κ1) is 16.7. The molecule has 0 aromatic carbocycles. The highest BCUT2D eigenvalue weighted by atomic mass is 32.2. The third kappa shape index (κ3) is 4.43. The Morgan fingerprint density at radius 1 is 1.26 bits per heavy atom. The molecule has 3 N–H and O–H groups in total. The number of anilines is 1. The molecule has 0 radical (unpaired) electrons. The highest BCUT2D eigenvalue weighted by Crippen LogP contribution is 2.23. The summed E-state index contributed by atoms with van der Waals surface area (Å²) in [5.74, 6) is 0.506. The Kier molecular flexibility index (Phi) is 5.18. The van der Waals surface area contributed by atoms with Crippen LogP contribution in [0.25, 0.3) is 0 Å². The minimum absolute atomic E-state index is 0.148. The molecule has 1 saturated carbocycles. The summed E-state index contributed by atoms with van der Waals surface area (Å²) in [6, 6.07) is 3.94. The lowest BCUT2D eigenvalue weighted by Gasteiger charge is -2.33. The Hall–Kier alpha value is -1.18. The molecule has 7 heteroatoms. The lowest BCUT2D eigenvalue weighted by atomic mass is 10.1. The van der Waals surface area contributed by atoms with Gasteiger partial charge in [-0.15, -0.1) is 0 Å².